The van der Waals surface area contributed by atoms with E-state index in [0.717, 1.165) is 17.9 Å². The average Bonchev–Trinajstić information content (AvgIpc) is 2.79. The van der Waals surface area contributed by atoms with Crippen LogP contribution in [-0.4, -0.2) is 13.0 Å². The summed E-state index contributed by atoms with van der Waals surface area (Å²) in [7, 11) is -4.25. The Morgan fingerprint density at radius 2 is 1.09 bits per heavy atom. The third kappa shape index (κ3) is 5.95. The lowest BCUT2D eigenvalue weighted by atomic mass is 10.2. The lowest BCUT2D eigenvalue weighted by Crippen LogP contribution is -3.61. The predicted molar refractivity (Wildman–Crippen MR) is 117 cm³/mol. The van der Waals surface area contributed by atoms with Gasteiger partial charge in [-0.3, -0.25) is 0 Å². The number of hydrogen-bond donors (Lipinski definition) is 0. The Bertz CT molecular complexity index is 1560. The smallest absolute Gasteiger partial charge is 0.358 e. The van der Waals surface area contributed by atoms with Crippen LogP contribution in [0.2, 0.25) is 0 Å². The van der Waals surface area contributed by atoms with Gasteiger partial charge in [0.1, 0.15) is 21.3 Å². The monoisotopic (exact) mass is 574 g/mol. The highest BCUT2D eigenvalue weighted by Gasteiger charge is 2.18. The van der Waals surface area contributed by atoms with Gasteiger partial charge in [-0.25, -0.2) is 18.0 Å². The molecule has 0 radical (unpaired) electrons. The van der Waals surface area contributed by atoms with Gasteiger partial charge >= 0.3 is 32.5 Å². The molecular weight excluding hydrogens is 559 g/mol. The fraction of sp³-hybridized carbons (Fsp3) is 0. The molecule has 0 spiro atoms. The molecule has 0 atom stereocenters. The molecule has 0 saturated heterocycles. The highest BCUT2D eigenvalue weighted by molar-refractivity contribution is 7.85. The van der Waals surface area contributed by atoms with Gasteiger partial charge in [-0.15, -0.1) is 0 Å². The predicted octanol–water partition coefficient (Wildman–Crippen LogP) is 0.619. The maximum atomic E-state index is 11.3. The maximum Gasteiger partial charge on any atom is 0.358 e. The molecule has 0 aliphatic rings. The summed E-state index contributed by atoms with van der Waals surface area (Å²) in [4.78, 5) is 22.5. The molecule has 2 heterocycles. The Morgan fingerprint density at radius 3 is 1.52 bits per heavy atom. The average molecular weight is 574 g/mol. The molecule has 0 aliphatic heterocycles. The van der Waals surface area contributed by atoms with Crippen molar-refractivity contribution in [3.8, 4) is 0 Å². The van der Waals surface area contributed by atoms with E-state index in [4.69, 9.17) is 8.83 Å². The number of benzene rings is 3. The molecule has 0 fully saturated rings. The van der Waals surface area contributed by atoms with Crippen LogP contribution in [-0.2, 0) is 10.1 Å². The van der Waals surface area contributed by atoms with Crippen molar-refractivity contribution < 1.29 is 43.0 Å². The second kappa shape index (κ2) is 9.69. The molecule has 0 N–H and O–H groups in total. The minimum Gasteiger partial charge on any atom is -0.744 e. The number of rotatable bonds is 3. The van der Waals surface area contributed by atoms with Crippen LogP contribution in [0.5, 0.6) is 0 Å². The van der Waals surface area contributed by atoms with Gasteiger partial charge in [0.15, 0.2) is 7.14 Å². The van der Waals surface area contributed by atoms with Gasteiger partial charge in [-0.05, 0) is 48.5 Å². The van der Waals surface area contributed by atoms with Crippen LogP contribution in [0.4, 0.5) is 0 Å². The summed E-state index contributed by atoms with van der Waals surface area (Å²) in [5.41, 5.74) is 0.504. The lowest BCUT2D eigenvalue weighted by molar-refractivity contribution is -0.597. The Morgan fingerprint density at radius 1 is 0.636 bits per heavy atom. The third-order valence-electron chi connectivity index (χ3n) is 4.42. The van der Waals surface area contributed by atoms with Crippen LogP contribution in [0.3, 0.4) is 0 Å². The Hall–Kier alpha value is -3.28. The highest BCUT2D eigenvalue weighted by Crippen LogP contribution is 2.11. The van der Waals surface area contributed by atoms with Crippen molar-refractivity contribution in [1.29, 1.82) is 0 Å². The molecular formula is C24H15IO7S. The van der Waals surface area contributed by atoms with Gasteiger partial charge in [0.05, 0.1) is 4.90 Å². The third-order valence-corrected chi connectivity index (χ3v) is 7.86. The van der Waals surface area contributed by atoms with E-state index in [9.17, 15) is 22.6 Å². The summed E-state index contributed by atoms with van der Waals surface area (Å²) >= 11 is -0.465. The molecule has 0 aliphatic carbocycles. The largest absolute Gasteiger partial charge is 0.744 e. The van der Waals surface area contributed by atoms with E-state index >= 15 is 0 Å². The topological polar surface area (TPSA) is 118 Å². The summed E-state index contributed by atoms with van der Waals surface area (Å²) in [6, 6.07) is 25.4. The summed E-state index contributed by atoms with van der Waals surface area (Å²) in [5, 5.41) is 1.81. The second-order valence-corrected chi connectivity index (χ2v) is 11.1. The van der Waals surface area contributed by atoms with Crippen molar-refractivity contribution in [3.05, 3.63) is 119 Å². The first-order valence-corrected chi connectivity index (χ1v) is 13.1. The van der Waals surface area contributed by atoms with Crippen LogP contribution in [0.25, 0.3) is 21.9 Å². The van der Waals surface area contributed by atoms with Crippen LogP contribution in [0, 0.1) is 7.14 Å². The van der Waals surface area contributed by atoms with E-state index < -0.39 is 31.3 Å². The van der Waals surface area contributed by atoms with E-state index in [1.54, 1.807) is 18.2 Å². The van der Waals surface area contributed by atoms with Crippen molar-refractivity contribution >= 4 is 32.1 Å². The van der Waals surface area contributed by atoms with Crippen LogP contribution >= 0.6 is 0 Å². The van der Waals surface area contributed by atoms with Gasteiger partial charge in [0.25, 0.3) is 0 Å². The molecule has 5 aromatic rings. The Kier molecular flexibility index (Phi) is 6.72. The Labute approximate surface area is 198 Å². The van der Waals surface area contributed by atoms with Gasteiger partial charge in [-0.1, -0.05) is 18.2 Å². The first kappa shape index (κ1) is 22.9. The standard InChI is InChI=1S/C18H10IO4.C6H6O3S/c20-17-7-3-11-1-5-13(9-15(11)22-17)19-14-6-2-12-4-8-18(21)23-16(12)10-14;7-10(8,9)6-4-2-1-3-5-6/h1-10H;1-5H,(H,7,8,9)/q+1;/p-1. The molecule has 2 aromatic heterocycles. The fourth-order valence-electron chi connectivity index (χ4n) is 2.90. The minimum atomic E-state index is -4.25. The van der Waals surface area contributed by atoms with E-state index in [2.05, 4.69) is 0 Å². The minimum absolute atomic E-state index is 0.185. The zero-order valence-electron chi connectivity index (χ0n) is 16.8. The van der Waals surface area contributed by atoms with Gasteiger partial charge in [-0.2, -0.15) is 0 Å². The molecule has 0 bridgehead atoms. The van der Waals surface area contributed by atoms with E-state index in [0.29, 0.717) is 11.2 Å². The van der Waals surface area contributed by atoms with Crippen LogP contribution in [0.1, 0.15) is 0 Å². The van der Waals surface area contributed by atoms with E-state index in [-0.39, 0.29) is 16.1 Å². The summed E-state index contributed by atoms with van der Waals surface area (Å²) in [6.07, 6.45) is 0. The van der Waals surface area contributed by atoms with E-state index in [1.165, 1.54) is 36.4 Å². The fourth-order valence-corrected chi connectivity index (χ4v) is 5.71. The SMILES string of the molecule is O=S(=O)([O-])c1ccccc1.O=c1ccc2ccc([I+]c3ccc4ccc(=O)oc4c3)cc2o1. The first-order valence-electron chi connectivity index (χ1n) is 9.51. The molecule has 9 heteroatoms. The van der Waals surface area contributed by atoms with Crippen LogP contribution in [0.15, 0.2) is 114 Å². The number of fused-ring (bicyclic) bond motifs is 2. The van der Waals surface area contributed by atoms with Gasteiger partial charge in [0, 0.05) is 35.0 Å². The van der Waals surface area contributed by atoms with Crippen molar-refractivity contribution in [3.63, 3.8) is 0 Å². The highest BCUT2D eigenvalue weighted by atomic mass is 127. The number of hydrogen-bond acceptors (Lipinski definition) is 7. The number of halogens is 1. The summed E-state index contributed by atoms with van der Waals surface area (Å²) < 4.78 is 43.5. The molecule has 33 heavy (non-hydrogen) atoms. The van der Waals surface area contributed by atoms with Crippen molar-refractivity contribution in [2.45, 2.75) is 4.90 Å². The lowest BCUT2D eigenvalue weighted by Gasteiger charge is -2.04. The summed E-state index contributed by atoms with van der Waals surface area (Å²) in [5.74, 6) is 0. The normalized spacial score (nSPS) is 11.2. The zero-order chi connectivity index (χ0) is 23.4. The van der Waals surface area contributed by atoms with E-state index in [1.807, 2.05) is 36.4 Å². The van der Waals surface area contributed by atoms with Gasteiger partial charge in [0.2, 0.25) is 0 Å². The molecule has 0 amide bonds. The summed E-state index contributed by atoms with van der Waals surface area (Å²) in [6.45, 7) is 0. The molecule has 0 saturated carbocycles. The van der Waals surface area contributed by atoms with Crippen LogP contribution < -0.4 is 32.5 Å². The Balaban J connectivity index is 0.000000219. The molecule has 7 nitrogen and oxygen atoms in total. The quantitative estimate of drug-likeness (QED) is 0.176. The van der Waals surface area contributed by atoms with Crippen molar-refractivity contribution in [2.75, 3.05) is 0 Å². The molecule has 5 rings (SSSR count). The molecule has 0 unspecified atom stereocenters. The second-order valence-electron chi connectivity index (χ2n) is 6.73. The van der Waals surface area contributed by atoms with Crippen molar-refractivity contribution in [2.24, 2.45) is 0 Å². The molecule has 3 aromatic carbocycles. The first-order chi connectivity index (χ1) is 15.8. The molecule has 166 valence electrons. The maximum absolute atomic E-state index is 11.3. The zero-order valence-corrected chi connectivity index (χ0v) is 19.8. The van der Waals surface area contributed by atoms with Gasteiger partial charge < -0.3 is 13.4 Å². The van der Waals surface area contributed by atoms with Crippen molar-refractivity contribution in [1.82, 2.24) is 0 Å².